The number of amides is 2. The molecule has 0 saturated heterocycles. The Morgan fingerprint density at radius 2 is 1.88 bits per heavy atom. The summed E-state index contributed by atoms with van der Waals surface area (Å²) in [6, 6.07) is 14.0. The fourth-order valence-corrected chi connectivity index (χ4v) is 3.02. The van der Waals surface area contributed by atoms with E-state index in [2.05, 4.69) is 22.8 Å². The highest BCUT2D eigenvalue weighted by Gasteiger charge is 2.18. The molecule has 3 rings (SSSR count). The van der Waals surface area contributed by atoms with Gasteiger partial charge in [0.15, 0.2) is 0 Å². The van der Waals surface area contributed by atoms with Crippen LogP contribution in [0.25, 0.3) is 11.1 Å². The first kappa shape index (κ1) is 18.0. The van der Waals surface area contributed by atoms with Crippen LogP contribution >= 0.6 is 0 Å². The molecule has 0 aliphatic heterocycles. The van der Waals surface area contributed by atoms with Crippen LogP contribution < -0.4 is 10.6 Å². The Hall–Kier alpha value is -2.82. The minimum atomic E-state index is -0.306. The molecule has 1 unspecified atom stereocenters. The van der Waals surface area contributed by atoms with Gasteiger partial charge in [0, 0.05) is 5.69 Å². The summed E-state index contributed by atoms with van der Waals surface area (Å²) in [7, 11) is 0. The predicted octanol–water partition coefficient (Wildman–Crippen LogP) is 3.97. The van der Waals surface area contributed by atoms with Gasteiger partial charge in [-0.05, 0) is 47.2 Å². The number of urea groups is 1. The summed E-state index contributed by atoms with van der Waals surface area (Å²) in [5.41, 5.74) is 5.77. The first-order valence-corrected chi connectivity index (χ1v) is 9.01. The van der Waals surface area contributed by atoms with Gasteiger partial charge < -0.3 is 15.4 Å². The second-order valence-electron chi connectivity index (χ2n) is 6.56. The lowest BCUT2D eigenvalue weighted by Crippen LogP contribution is -2.32. The van der Waals surface area contributed by atoms with Crippen molar-refractivity contribution in [1.29, 1.82) is 0 Å². The number of hydrogen-bond donors (Lipinski definition) is 2. The van der Waals surface area contributed by atoms with E-state index >= 15 is 0 Å². The SMILES string of the molecule is CCC(C)C(=O)OCCNC(=O)Nc1ccc2c(c1)Cc1ccccc1-2. The molecule has 0 radical (unpaired) electrons. The number of anilines is 1. The third kappa shape index (κ3) is 4.04. The number of carbonyl (C=O) groups is 2. The Bertz CT molecular complexity index is 817. The van der Waals surface area contributed by atoms with Crippen molar-refractivity contribution in [2.75, 3.05) is 18.5 Å². The van der Waals surface area contributed by atoms with Gasteiger partial charge in [0.2, 0.25) is 0 Å². The van der Waals surface area contributed by atoms with E-state index in [1.807, 2.05) is 44.2 Å². The molecule has 1 aliphatic rings. The lowest BCUT2D eigenvalue weighted by atomic mass is 10.1. The fraction of sp³-hybridized carbons (Fsp3) is 0.333. The highest BCUT2D eigenvalue weighted by Crippen LogP contribution is 2.37. The molecule has 2 aromatic rings. The molecule has 2 N–H and O–H groups in total. The van der Waals surface area contributed by atoms with E-state index in [9.17, 15) is 9.59 Å². The molecular formula is C21H24N2O3. The fourth-order valence-electron chi connectivity index (χ4n) is 3.02. The molecule has 1 aliphatic carbocycles. The van der Waals surface area contributed by atoms with Gasteiger partial charge in [-0.15, -0.1) is 0 Å². The maximum Gasteiger partial charge on any atom is 0.319 e. The number of nitrogens with one attached hydrogen (secondary N) is 2. The lowest BCUT2D eigenvalue weighted by Gasteiger charge is -2.11. The first-order chi connectivity index (χ1) is 12.6. The standard InChI is InChI=1S/C21H24N2O3/c1-3-14(2)20(24)26-11-10-22-21(25)23-17-8-9-19-16(13-17)12-15-6-4-5-7-18(15)19/h4-9,13-14H,3,10-12H2,1-2H3,(H2,22,23,25). The zero-order valence-electron chi connectivity index (χ0n) is 15.2. The van der Waals surface area contributed by atoms with Crippen molar-refractivity contribution in [2.24, 2.45) is 5.92 Å². The number of fused-ring (bicyclic) bond motifs is 3. The molecule has 5 nitrogen and oxygen atoms in total. The van der Waals surface area contributed by atoms with Gasteiger partial charge in [-0.2, -0.15) is 0 Å². The molecule has 0 fully saturated rings. The molecule has 2 amide bonds. The van der Waals surface area contributed by atoms with Gasteiger partial charge in [-0.25, -0.2) is 4.79 Å². The quantitative estimate of drug-likeness (QED) is 0.521. The molecule has 0 saturated carbocycles. The van der Waals surface area contributed by atoms with Crippen LogP contribution in [0.2, 0.25) is 0 Å². The summed E-state index contributed by atoms with van der Waals surface area (Å²) in [6.45, 7) is 4.22. The monoisotopic (exact) mass is 352 g/mol. The van der Waals surface area contributed by atoms with Crippen LogP contribution in [0.4, 0.5) is 10.5 Å². The summed E-state index contributed by atoms with van der Waals surface area (Å²) in [5, 5.41) is 5.53. The van der Waals surface area contributed by atoms with E-state index < -0.39 is 0 Å². The first-order valence-electron chi connectivity index (χ1n) is 9.01. The topological polar surface area (TPSA) is 67.4 Å². The minimum Gasteiger partial charge on any atom is -0.464 e. The average molecular weight is 352 g/mol. The molecule has 2 aromatic carbocycles. The van der Waals surface area contributed by atoms with Crippen molar-refractivity contribution < 1.29 is 14.3 Å². The highest BCUT2D eigenvalue weighted by molar-refractivity contribution is 5.90. The van der Waals surface area contributed by atoms with Crippen molar-refractivity contribution in [3.63, 3.8) is 0 Å². The second-order valence-corrected chi connectivity index (χ2v) is 6.56. The number of benzene rings is 2. The predicted molar refractivity (Wildman–Crippen MR) is 102 cm³/mol. The van der Waals surface area contributed by atoms with E-state index in [4.69, 9.17) is 4.74 Å². The summed E-state index contributed by atoms with van der Waals surface area (Å²) < 4.78 is 5.11. The largest absolute Gasteiger partial charge is 0.464 e. The molecule has 0 heterocycles. The van der Waals surface area contributed by atoms with Gasteiger partial charge >= 0.3 is 12.0 Å². The van der Waals surface area contributed by atoms with Crippen molar-refractivity contribution in [1.82, 2.24) is 5.32 Å². The van der Waals surface area contributed by atoms with Gasteiger partial charge in [-0.1, -0.05) is 44.2 Å². The second kappa shape index (κ2) is 8.04. The van der Waals surface area contributed by atoms with Crippen molar-refractivity contribution in [3.8, 4) is 11.1 Å². The highest BCUT2D eigenvalue weighted by atomic mass is 16.5. The summed E-state index contributed by atoms with van der Waals surface area (Å²) >= 11 is 0. The summed E-state index contributed by atoms with van der Waals surface area (Å²) in [6.07, 6.45) is 1.63. The number of ether oxygens (including phenoxy) is 1. The molecule has 0 bridgehead atoms. The third-order valence-electron chi connectivity index (χ3n) is 4.70. The number of esters is 1. The van der Waals surface area contributed by atoms with E-state index in [1.54, 1.807) is 0 Å². The lowest BCUT2D eigenvalue weighted by molar-refractivity contribution is -0.147. The molecule has 1 atom stereocenters. The van der Waals surface area contributed by atoms with Crippen molar-refractivity contribution >= 4 is 17.7 Å². The summed E-state index contributed by atoms with van der Waals surface area (Å²) in [5.74, 6) is -0.341. The smallest absolute Gasteiger partial charge is 0.319 e. The molecular weight excluding hydrogens is 328 g/mol. The molecule has 0 spiro atoms. The Kier molecular flexibility index (Phi) is 5.56. The van der Waals surface area contributed by atoms with Crippen molar-refractivity contribution in [2.45, 2.75) is 26.7 Å². The summed E-state index contributed by atoms with van der Waals surface area (Å²) in [4.78, 5) is 23.6. The van der Waals surface area contributed by atoms with Crippen LogP contribution in [0, 0.1) is 5.92 Å². The third-order valence-corrected chi connectivity index (χ3v) is 4.70. The number of hydrogen-bond acceptors (Lipinski definition) is 3. The zero-order chi connectivity index (χ0) is 18.5. The Morgan fingerprint density at radius 3 is 2.69 bits per heavy atom. The number of rotatable bonds is 6. The minimum absolute atomic E-state index is 0.112. The Labute approximate surface area is 153 Å². The molecule has 26 heavy (non-hydrogen) atoms. The zero-order valence-corrected chi connectivity index (χ0v) is 15.2. The Balaban J connectivity index is 1.49. The van der Waals surface area contributed by atoms with E-state index in [0.29, 0.717) is 0 Å². The average Bonchev–Trinajstić information content (AvgIpc) is 3.02. The maximum absolute atomic E-state index is 12.0. The number of carbonyl (C=O) groups excluding carboxylic acids is 2. The van der Waals surface area contributed by atoms with Crippen LogP contribution in [0.3, 0.4) is 0 Å². The van der Waals surface area contributed by atoms with Gasteiger partial charge in [0.1, 0.15) is 6.61 Å². The van der Waals surface area contributed by atoms with Crippen LogP contribution in [0.5, 0.6) is 0 Å². The van der Waals surface area contributed by atoms with Crippen molar-refractivity contribution in [3.05, 3.63) is 53.6 Å². The molecule has 5 heteroatoms. The van der Waals surface area contributed by atoms with Gasteiger partial charge in [-0.3, -0.25) is 4.79 Å². The molecule has 136 valence electrons. The maximum atomic E-state index is 12.0. The van der Waals surface area contributed by atoms with Crippen LogP contribution in [0.15, 0.2) is 42.5 Å². The van der Waals surface area contributed by atoms with Crippen LogP contribution in [-0.2, 0) is 16.0 Å². The van der Waals surface area contributed by atoms with Gasteiger partial charge in [0.05, 0.1) is 12.5 Å². The Morgan fingerprint density at radius 1 is 1.12 bits per heavy atom. The molecule has 0 aromatic heterocycles. The van der Waals surface area contributed by atoms with E-state index in [0.717, 1.165) is 18.5 Å². The normalized spacial score (nSPS) is 12.7. The van der Waals surface area contributed by atoms with Gasteiger partial charge in [0.25, 0.3) is 0 Å². The van der Waals surface area contributed by atoms with E-state index in [-0.39, 0.29) is 31.1 Å². The van der Waals surface area contributed by atoms with Crippen LogP contribution in [-0.4, -0.2) is 25.2 Å². The van der Waals surface area contributed by atoms with Crippen LogP contribution in [0.1, 0.15) is 31.4 Å². The van der Waals surface area contributed by atoms with E-state index in [1.165, 1.54) is 22.3 Å².